The highest BCUT2D eigenvalue weighted by atomic mass is 32.2. The molecular weight excluding hydrogens is 532 g/mol. The average Bonchev–Trinajstić information content (AvgIpc) is 3.43. The van der Waals surface area contributed by atoms with Crippen LogP contribution in [0, 0.1) is 0 Å². The fraction of sp³-hybridized carbons (Fsp3) is 0.448. The van der Waals surface area contributed by atoms with Crippen LogP contribution >= 0.6 is 0 Å². The molecule has 2 aromatic rings. The Hall–Kier alpha value is -3.57. The minimum absolute atomic E-state index is 0.0260. The average molecular weight is 571 g/mol. The summed E-state index contributed by atoms with van der Waals surface area (Å²) in [7, 11) is -3.89. The molecule has 10 nitrogen and oxygen atoms in total. The summed E-state index contributed by atoms with van der Waals surface area (Å²) in [5.74, 6) is -1.15. The molecule has 1 aliphatic heterocycles. The highest BCUT2D eigenvalue weighted by Crippen LogP contribution is 2.26. The molecule has 1 amide bonds. The van der Waals surface area contributed by atoms with E-state index in [9.17, 15) is 27.9 Å². The number of unbranched alkanes of at least 4 members (excludes halogenated alkanes) is 2. The van der Waals surface area contributed by atoms with E-state index in [1.807, 2.05) is 0 Å². The fourth-order valence-electron chi connectivity index (χ4n) is 4.70. The first kappa shape index (κ1) is 31.0. The van der Waals surface area contributed by atoms with E-state index in [1.54, 1.807) is 49.4 Å². The summed E-state index contributed by atoms with van der Waals surface area (Å²) in [4.78, 5) is 41.6. The molecule has 4 N–H and O–H groups in total. The second kappa shape index (κ2) is 14.7. The van der Waals surface area contributed by atoms with Crippen molar-refractivity contribution in [2.45, 2.75) is 75.3 Å². The maximum absolute atomic E-state index is 13.1. The number of sulfonamides is 1. The van der Waals surface area contributed by atoms with Crippen LogP contribution in [0.2, 0.25) is 0 Å². The summed E-state index contributed by atoms with van der Waals surface area (Å²) in [6.07, 6.45) is 4.21. The van der Waals surface area contributed by atoms with Crippen LogP contribution in [-0.2, 0) is 37.2 Å². The second-order valence-electron chi connectivity index (χ2n) is 10.1. The first-order valence-corrected chi connectivity index (χ1v) is 15.0. The summed E-state index contributed by atoms with van der Waals surface area (Å²) >= 11 is 0. The number of aliphatic carboxylic acids is 1. The molecule has 11 heteroatoms. The summed E-state index contributed by atoms with van der Waals surface area (Å²) < 4.78 is 27.3. The number of aliphatic imine (C=N–C) groups is 1. The van der Waals surface area contributed by atoms with Crippen LogP contribution in [0.4, 0.5) is 0 Å². The van der Waals surface area contributed by atoms with Crippen LogP contribution in [0.25, 0.3) is 0 Å². The topological polar surface area (TPSA) is 159 Å². The van der Waals surface area contributed by atoms with Crippen molar-refractivity contribution < 1.29 is 27.9 Å². The lowest BCUT2D eigenvalue weighted by Gasteiger charge is -2.25. The number of carboxylic acid groups (broad SMARTS) is 1. The number of carbonyl (C=O) groups excluding carboxylic acids is 2. The maximum atomic E-state index is 13.1. The molecule has 2 unspecified atom stereocenters. The number of nitrogens with two attached hydrogens (primary N) is 1. The largest absolute Gasteiger partial charge is 0.480 e. The van der Waals surface area contributed by atoms with Crippen LogP contribution in [0.15, 0.2) is 64.5 Å². The molecule has 0 spiro atoms. The Morgan fingerprint density at radius 3 is 2.38 bits per heavy atom. The van der Waals surface area contributed by atoms with E-state index in [0.29, 0.717) is 43.6 Å². The van der Waals surface area contributed by atoms with Gasteiger partial charge in [-0.05, 0) is 55.9 Å². The standard InChI is InChI=1S/C29H38N4O6S/c1-21(30)31-17-7-3-4-9-24(34)19-22-13-15-23(16-14-22)20-26(29(36)37)32-28(35)27-12-8-18-33(27)40(38,39)25-10-5-2-6-11-25/h2,5-6,10-11,13-16,26-27H,3-4,7-9,12,17-20H2,1H3,(H2,30,31)(H,32,35)(H,36,37). The third-order valence-corrected chi connectivity index (χ3v) is 8.73. The first-order chi connectivity index (χ1) is 19.1. The zero-order chi connectivity index (χ0) is 29.1. The molecule has 1 saturated heterocycles. The third kappa shape index (κ3) is 8.99. The molecule has 216 valence electrons. The van der Waals surface area contributed by atoms with Crippen LogP contribution in [0.3, 0.4) is 0 Å². The Balaban J connectivity index is 1.53. The maximum Gasteiger partial charge on any atom is 0.326 e. The number of Topliss-reactive ketones (excluding diaryl/α,β-unsaturated/α-hetero) is 1. The predicted octanol–water partition coefficient (Wildman–Crippen LogP) is 2.70. The van der Waals surface area contributed by atoms with Crippen molar-refractivity contribution in [2.75, 3.05) is 13.1 Å². The summed E-state index contributed by atoms with van der Waals surface area (Å²) in [5.41, 5.74) is 7.02. The van der Waals surface area contributed by atoms with E-state index in [0.717, 1.165) is 29.1 Å². The Morgan fingerprint density at radius 1 is 1.05 bits per heavy atom. The minimum atomic E-state index is -3.89. The van der Waals surface area contributed by atoms with Crippen LogP contribution in [-0.4, -0.2) is 66.5 Å². The van der Waals surface area contributed by atoms with Gasteiger partial charge in [-0.3, -0.25) is 14.6 Å². The van der Waals surface area contributed by atoms with Gasteiger partial charge in [-0.1, -0.05) is 48.9 Å². The van der Waals surface area contributed by atoms with Gasteiger partial charge in [-0.2, -0.15) is 4.31 Å². The molecule has 0 saturated carbocycles. The lowest BCUT2D eigenvalue weighted by Crippen LogP contribution is -2.51. The Labute approximate surface area is 235 Å². The number of hydrogen-bond acceptors (Lipinski definition) is 6. The van der Waals surface area contributed by atoms with Gasteiger partial charge >= 0.3 is 5.97 Å². The normalized spacial score (nSPS) is 16.9. The van der Waals surface area contributed by atoms with Crippen LogP contribution in [0.1, 0.15) is 56.6 Å². The van der Waals surface area contributed by atoms with Gasteiger partial charge in [0.25, 0.3) is 0 Å². The number of nitrogens with one attached hydrogen (secondary N) is 1. The number of amides is 1. The number of amidine groups is 1. The Bertz CT molecular complexity index is 1290. The van der Waals surface area contributed by atoms with Crippen molar-refractivity contribution in [3.63, 3.8) is 0 Å². The molecule has 3 rings (SSSR count). The van der Waals surface area contributed by atoms with Crippen molar-refractivity contribution in [1.29, 1.82) is 0 Å². The van der Waals surface area contributed by atoms with Gasteiger partial charge in [0, 0.05) is 32.4 Å². The van der Waals surface area contributed by atoms with E-state index in [4.69, 9.17) is 5.73 Å². The molecule has 0 aromatic heterocycles. The lowest BCUT2D eigenvalue weighted by atomic mass is 10.00. The number of hydrogen-bond donors (Lipinski definition) is 3. The van der Waals surface area contributed by atoms with Gasteiger partial charge in [0.15, 0.2) is 0 Å². The molecule has 1 fully saturated rings. The molecule has 0 aliphatic carbocycles. The lowest BCUT2D eigenvalue weighted by molar-refractivity contribution is -0.142. The number of ketones is 1. The molecule has 1 heterocycles. The van der Waals surface area contributed by atoms with Crippen molar-refractivity contribution in [1.82, 2.24) is 9.62 Å². The molecule has 0 bridgehead atoms. The molecule has 2 atom stereocenters. The SMILES string of the molecule is CC(N)=NCCCCCC(=O)Cc1ccc(CC(NC(=O)C2CCCN2S(=O)(=O)c2ccccc2)C(=O)O)cc1. The monoisotopic (exact) mass is 570 g/mol. The number of carboxylic acids is 1. The molecule has 0 radical (unpaired) electrons. The number of carbonyl (C=O) groups is 3. The quantitative estimate of drug-likeness (QED) is 0.169. The molecular formula is C29H38N4O6S. The van der Waals surface area contributed by atoms with Gasteiger partial charge in [0.05, 0.1) is 10.7 Å². The second-order valence-corrected chi connectivity index (χ2v) is 11.9. The Morgan fingerprint density at radius 2 is 1.73 bits per heavy atom. The third-order valence-electron chi connectivity index (χ3n) is 6.81. The van der Waals surface area contributed by atoms with Crippen molar-refractivity contribution in [3.8, 4) is 0 Å². The van der Waals surface area contributed by atoms with Crippen molar-refractivity contribution >= 4 is 33.5 Å². The van der Waals surface area contributed by atoms with E-state index in [-0.39, 0.29) is 23.6 Å². The highest BCUT2D eigenvalue weighted by Gasteiger charge is 2.40. The first-order valence-electron chi connectivity index (χ1n) is 13.5. The van der Waals surface area contributed by atoms with E-state index >= 15 is 0 Å². The van der Waals surface area contributed by atoms with E-state index < -0.39 is 34.0 Å². The molecule has 2 aromatic carbocycles. The predicted molar refractivity (Wildman–Crippen MR) is 152 cm³/mol. The Kier molecular flexibility index (Phi) is 11.4. The van der Waals surface area contributed by atoms with Crippen LogP contribution < -0.4 is 11.1 Å². The smallest absolute Gasteiger partial charge is 0.326 e. The van der Waals surface area contributed by atoms with Crippen LogP contribution in [0.5, 0.6) is 0 Å². The highest BCUT2D eigenvalue weighted by molar-refractivity contribution is 7.89. The zero-order valence-electron chi connectivity index (χ0n) is 22.8. The van der Waals surface area contributed by atoms with Gasteiger partial charge in [-0.15, -0.1) is 0 Å². The van der Waals surface area contributed by atoms with E-state index in [1.165, 1.54) is 12.1 Å². The van der Waals surface area contributed by atoms with E-state index in [2.05, 4.69) is 10.3 Å². The zero-order valence-corrected chi connectivity index (χ0v) is 23.6. The summed E-state index contributed by atoms with van der Waals surface area (Å²) in [5, 5.41) is 12.3. The summed E-state index contributed by atoms with van der Waals surface area (Å²) in [6.45, 7) is 2.61. The van der Waals surface area contributed by atoms with Gasteiger partial charge in [0.1, 0.15) is 17.9 Å². The van der Waals surface area contributed by atoms with Gasteiger partial charge < -0.3 is 16.2 Å². The number of rotatable bonds is 15. The fourth-order valence-corrected chi connectivity index (χ4v) is 6.37. The van der Waals surface area contributed by atoms with Crippen molar-refractivity contribution in [3.05, 3.63) is 65.7 Å². The van der Waals surface area contributed by atoms with Gasteiger partial charge in [-0.25, -0.2) is 13.2 Å². The molecule has 40 heavy (non-hydrogen) atoms. The molecule has 1 aliphatic rings. The number of benzene rings is 2. The van der Waals surface area contributed by atoms with Gasteiger partial charge in [0.2, 0.25) is 15.9 Å². The van der Waals surface area contributed by atoms with Crippen molar-refractivity contribution in [2.24, 2.45) is 10.7 Å². The minimum Gasteiger partial charge on any atom is -0.480 e. The number of nitrogens with zero attached hydrogens (tertiary/aromatic N) is 2. The summed E-state index contributed by atoms with van der Waals surface area (Å²) in [6, 6.07) is 12.8.